The van der Waals surface area contributed by atoms with Gasteiger partial charge in [0.05, 0.1) is 4.90 Å². The van der Waals surface area contributed by atoms with Crippen molar-refractivity contribution >= 4 is 15.9 Å². The monoisotopic (exact) mass is 395 g/mol. The molecular formula is C20H33N3O3S. The van der Waals surface area contributed by atoms with E-state index in [-0.39, 0.29) is 24.8 Å². The van der Waals surface area contributed by atoms with Crippen molar-refractivity contribution in [3.05, 3.63) is 29.8 Å². The highest BCUT2D eigenvalue weighted by molar-refractivity contribution is 7.89. The molecule has 0 spiro atoms. The largest absolute Gasteiger partial charge is 0.340 e. The Labute approximate surface area is 164 Å². The van der Waals surface area contributed by atoms with Crippen molar-refractivity contribution in [3.63, 3.8) is 0 Å². The van der Waals surface area contributed by atoms with Gasteiger partial charge in [-0.15, -0.1) is 0 Å². The van der Waals surface area contributed by atoms with E-state index in [1.165, 1.54) is 4.31 Å². The van der Waals surface area contributed by atoms with Crippen LogP contribution in [0.3, 0.4) is 0 Å². The lowest BCUT2D eigenvalue weighted by Gasteiger charge is -2.29. The molecule has 1 fully saturated rings. The van der Waals surface area contributed by atoms with Gasteiger partial charge in [0.2, 0.25) is 15.9 Å². The highest BCUT2D eigenvalue weighted by atomic mass is 32.2. The fraction of sp³-hybridized carbons (Fsp3) is 0.650. The molecule has 0 atom stereocenters. The zero-order chi connectivity index (χ0) is 20.0. The smallest absolute Gasteiger partial charge is 0.243 e. The van der Waals surface area contributed by atoms with Crippen molar-refractivity contribution in [2.75, 3.05) is 39.3 Å². The molecule has 1 aromatic rings. The summed E-state index contributed by atoms with van der Waals surface area (Å²) in [4.78, 5) is 14.6. The van der Waals surface area contributed by atoms with E-state index in [1.54, 1.807) is 12.1 Å². The summed E-state index contributed by atoms with van der Waals surface area (Å²) in [5.74, 6) is 0.560. The van der Waals surface area contributed by atoms with Crippen LogP contribution in [0, 0.1) is 5.92 Å². The number of benzene rings is 1. The minimum atomic E-state index is -3.61. The van der Waals surface area contributed by atoms with Gasteiger partial charge in [-0.2, -0.15) is 4.31 Å². The molecule has 7 heteroatoms. The van der Waals surface area contributed by atoms with Crippen LogP contribution in [0.4, 0.5) is 0 Å². The average Bonchev–Trinajstić information content (AvgIpc) is 2.65. The second kappa shape index (κ2) is 9.66. The van der Waals surface area contributed by atoms with Crippen LogP contribution >= 0.6 is 0 Å². The number of hydrogen-bond acceptors (Lipinski definition) is 4. The summed E-state index contributed by atoms with van der Waals surface area (Å²) < 4.78 is 27.7. The maximum absolute atomic E-state index is 13.1. The van der Waals surface area contributed by atoms with Crippen LogP contribution in [-0.2, 0) is 14.8 Å². The highest BCUT2D eigenvalue weighted by Crippen LogP contribution is 2.21. The average molecular weight is 396 g/mol. The Hall–Kier alpha value is -1.44. The fourth-order valence-corrected chi connectivity index (χ4v) is 4.79. The molecule has 1 N–H and O–H groups in total. The lowest BCUT2D eigenvalue weighted by molar-refractivity contribution is -0.131. The van der Waals surface area contributed by atoms with Crippen LogP contribution in [-0.4, -0.2) is 62.8 Å². The Bertz CT molecular complexity index is 708. The first kappa shape index (κ1) is 21.9. The number of sulfonamides is 1. The predicted molar refractivity (Wildman–Crippen MR) is 108 cm³/mol. The third kappa shape index (κ3) is 6.02. The summed E-state index contributed by atoms with van der Waals surface area (Å²) in [6.45, 7) is 11.7. The lowest BCUT2D eigenvalue weighted by Crippen LogP contribution is -2.47. The normalized spacial score (nSPS) is 15.7. The van der Waals surface area contributed by atoms with Crippen molar-refractivity contribution < 1.29 is 13.2 Å². The standard InChI is InChI=1S/C20H33N3O3S/c1-16(2)15-23(12-9-20(24)22-13-10-21-11-14-22)27(25,26)19-7-5-18(6-8-19)17(3)4/h5-8,16-17,21H,9-15H2,1-4H3. The quantitative estimate of drug-likeness (QED) is 0.733. The minimum Gasteiger partial charge on any atom is -0.340 e. The van der Waals surface area contributed by atoms with Crippen molar-refractivity contribution in [1.29, 1.82) is 0 Å². The first-order valence-corrected chi connectivity index (χ1v) is 11.2. The summed E-state index contributed by atoms with van der Waals surface area (Å²) in [7, 11) is -3.61. The molecule has 2 rings (SSSR count). The van der Waals surface area contributed by atoms with Crippen LogP contribution in [0.25, 0.3) is 0 Å². The maximum Gasteiger partial charge on any atom is 0.243 e. The number of amides is 1. The Morgan fingerprint density at radius 1 is 1.11 bits per heavy atom. The molecule has 0 radical (unpaired) electrons. The van der Waals surface area contributed by atoms with E-state index < -0.39 is 10.0 Å². The fourth-order valence-electron chi connectivity index (χ4n) is 3.18. The van der Waals surface area contributed by atoms with E-state index in [4.69, 9.17) is 0 Å². The van der Waals surface area contributed by atoms with E-state index in [2.05, 4.69) is 19.2 Å². The van der Waals surface area contributed by atoms with Gasteiger partial charge < -0.3 is 10.2 Å². The molecule has 0 saturated carbocycles. The number of piperazine rings is 1. The molecule has 1 aliphatic heterocycles. The summed E-state index contributed by atoms with van der Waals surface area (Å²) >= 11 is 0. The van der Waals surface area contributed by atoms with Crippen LogP contribution < -0.4 is 5.32 Å². The Morgan fingerprint density at radius 2 is 1.70 bits per heavy atom. The van der Waals surface area contributed by atoms with Gasteiger partial charge in [0.15, 0.2) is 0 Å². The molecule has 1 saturated heterocycles. The molecule has 0 unspecified atom stereocenters. The number of hydrogen-bond donors (Lipinski definition) is 1. The van der Waals surface area contributed by atoms with Crippen LogP contribution in [0.15, 0.2) is 29.2 Å². The molecule has 27 heavy (non-hydrogen) atoms. The molecular weight excluding hydrogens is 362 g/mol. The second-order valence-corrected chi connectivity index (χ2v) is 9.80. The van der Waals surface area contributed by atoms with Gasteiger partial charge in [-0.25, -0.2) is 8.42 Å². The van der Waals surface area contributed by atoms with Gasteiger partial charge in [-0.1, -0.05) is 39.8 Å². The molecule has 1 aromatic carbocycles. The van der Waals surface area contributed by atoms with Crippen LogP contribution in [0.2, 0.25) is 0 Å². The Kier molecular flexibility index (Phi) is 7.82. The highest BCUT2D eigenvalue weighted by Gasteiger charge is 2.27. The van der Waals surface area contributed by atoms with Gasteiger partial charge in [-0.05, 0) is 29.5 Å². The predicted octanol–water partition coefficient (Wildman–Crippen LogP) is 2.28. The van der Waals surface area contributed by atoms with Crippen molar-refractivity contribution in [2.45, 2.75) is 44.9 Å². The summed E-state index contributed by atoms with van der Waals surface area (Å²) in [6, 6.07) is 7.10. The topological polar surface area (TPSA) is 69.7 Å². The number of nitrogens with one attached hydrogen (secondary N) is 1. The summed E-state index contributed by atoms with van der Waals surface area (Å²) in [5, 5.41) is 3.22. The number of rotatable bonds is 8. The van der Waals surface area contributed by atoms with Gasteiger partial charge in [-0.3, -0.25) is 4.79 Å². The Balaban J connectivity index is 2.12. The molecule has 1 aliphatic rings. The van der Waals surface area contributed by atoms with Gasteiger partial charge in [0, 0.05) is 45.7 Å². The first-order valence-electron chi connectivity index (χ1n) is 9.80. The second-order valence-electron chi connectivity index (χ2n) is 7.86. The van der Waals surface area contributed by atoms with E-state index in [0.717, 1.165) is 18.7 Å². The SMILES string of the molecule is CC(C)CN(CCC(=O)N1CCNCC1)S(=O)(=O)c1ccc(C(C)C)cc1. The third-order valence-electron chi connectivity index (χ3n) is 4.80. The molecule has 6 nitrogen and oxygen atoms in total. The van der Waals surface area contributed by atoms with Crippen molar-refractivity contribution in [1.82, 2.24) is 14.5 Å². The third-order valence-corrected chi connectivity index (χ3v) is 6.68. The molecule has 0 bridgehead atoms. The minimum absolute atomic E-state index is 0.0237. The first-order chi connectivity index (χ1) is 12.7. The zero-order valence-corrected chi connectivity index (χ0v) is 17.8. The van der Waals surface area contributed by atoms with Crippen molar-refractivity contribution in [2.24, 2.45) is 5.92 Å². The van der Waals surface area contributed by atoms with E-state index >= 15 is 0 Å². The van der Waals surface area contributed by atoms with Gasteiger partial charge in [0.1, 0.15) is 0 Å². The van der Waals surface area contributed by atoms with Gasteiger partial charge in [0.25, 0.3) is 0 Å². The lowest BCUT2D eigenvalue weighted by atomic mass is 10.0. The van der Waals surface area contributed by atoms with Crippen LogP contribution in [0.1, 0.15) is 45.6 Å². The number of nitrogens with zero attached hydrogens (tertiary/aromatic N) is 2. The molecule has 0 aromatic heterocycles. The zero-order valence-electron chi connectivity index (χ0n) is 16.9. The number of carbonyl (C=O) groups excluding carboxylic acids is 1. The summed E-state index contributed by atoms with van der Waals surface area (Å²) in [6.07, 6.45) is 0.218. The van der Waals surface area contributed by atoms with E-state index in [0.29, 0.717) is 30.4 Å². The molecule has 1 heterocycles. The molecule has 152 valence electrons. The van der Waals surface area contributed by atoms with Crippen molar-refractivity contribution in [3.8, 4) is 0 Å². The van der Waals surface area contributed by atoms with E-state index in [1.807, 2.05) is 30.9 Å². The van der Waals surface area contributed by atoms with Gasteiger partial charge >= 0.3 is 0 Å². The molecule has 0 aliphatic carbocycles. The van der Waals surface area contributed by atoms with E-state index in [9.17, 15) is 13.2 Å². The maximum atomic E-state index is 13.1. The van der Waals surface area contributed by atoms with Crippen LogP contribution in [0.5, 0.6) is 0 Å². The summed E-state index contributed by atoms with van der Waals surface area (Å²) in [5.41, 5.74) is 1.11. The Morgan fingerprint density at radius 3 is 2.22 bits per heavy atom. The molecule has 1 amide bonds. The number of carbonyl (C=O) groups is 1.